The number of aromatic nitrogens is 4. The van der Waals surface area contributed by atoms with Gasteiger partial charge in [0, 0.05) is 25.1 Å². The first-order valence-electron chi connectivity index (χ1n) is 13.0. The van der Waals surface area contributed by atoms with Gasteiger partial charge in [-0.1, -0.05) is 22.8 Å². The number of ether oxygens (including phenoxy) is 1. The van der Waals surface area contributed by atoms with E-state index in [1.165, 1.54) is 17.7 Å². The Bertz CT molecular complexity index is 1730. The van der Waals surface area contributed by atoms with Gasteiger partial charge in [0.1, 0.15) is 16.6 Å². The summed E-state index contributed by atoms with van der Waals surface area (Å²) in [5.74, 6) is 1.63. The topological polar surface area (TPSA) is 124 Å². The lowest BCUT2D eigenvalue weighted by atomic mass is 10.0. The highest BCUT2D eigenvalue weighted by atomic mass is 35.5. The number of amides is 1. The van der Waals surface area contributed by atoms with Crippen molar-refractivity contribution < 1.29 is 22.5 Å². The fourth-order valence-electron chi connectivity index (χ4n) is 5.96. The van der Waals surface area contributed by atoms with E-state index in [1.807, 2.05) is 32.0 Å². The van der Waals surface area contributed by atoms with Crippen molar-refractivity contribution >= 4 is 44.3 Å². The van der Waals surface area contributed by atoms with Crippen LogP contribution < -0.4 is 9.64 Å². The molecule has 2 unspecified atom stereocenters. The second kappa shape index (κ2) is 9.86. The fraction of sp³-hybridized carbons (Fsp3) is 0.407. The molecule has 0 aliphatic carbocycles. The lowest BCUT2D eigenvalue weighted by Crippen LogP contribution is -2.31. The summed E-state index contributed by atoms with van der Waals surface area (Å²) in [6.07, 6.45) is 4.32. The Labute approximate surface area is 236 Å². The Balaban J connectivity index is 1.50. The van der Waals surface area contributed by atoms with E-state index in [4.69, 9.17) is 25.8 Å². The van der Waals surface area contributed by atoms with Crippen molar-refractivity contribution in [1.82, 2.24) is 24.0 Å². The minimum atomic E-state index is -3.35. The first-order chi connectivity index (χ1) is 19.1. The van der Waals surface area contributed by atoms with Crippen LogP contribution in [0.15, 0.2) is 35.0 Å². The summed E-state index contributed by atoms with van der Waals surface area (Å²) in [5, 5.41) is 4.39. The molecule has 3 aromatic heterocycles. The minimum Gasteiger partial charge on any atom is -0.480 e. The van der Waals surface area contributed by atoms with Crippen LogP contribution in [0.2, 0.25) is 5.02 Å². The highest BCUT2D eigenvalue weighted by Gasteiger charge is 2.40. The Morgan fingerprint density at radius 1 is 1.18 bits per heavy atom. The van der Waals surface area contributed by atoms with Crippen LogP contribution in [0.3, 0.4) is 0 Å². The normalized spacial score (nSPS) is 20.2. The summed E-state index contributed by atoms with van der Waals surface area (Å²) < 4.78 is 38.9. The van der Waals surface area contributed by atoms with Crippen molar-refractivity contribution in [3.8, 4) is 17.0 Å². The largest absolute Gasteiger partial charge is 0.480 e. The molecule has 11 nitrogen and oxygen atoms in total. The van der Waals surface area contributed by atoms with Gasteiger partial charge in [-0.2, -0.15) is 0 Å². The van der Waals surface area contributed by atoms with Crippen LogP contribution in [0.4, 0.5) is 5.69 Å². The number of hydrogen-bond acceptors (Lipinski definition) is 8. The van der Waals surface area contributed by atoms with Crippen LogP contribution in [-0.2, 0) is 14.8 Å². The zero-order valence-electron chi connectivity index (χ0n) is 22.6. The fourth-order valence-corrected chi connectivity index (χ4v) is 7.08. The molecule has 2 aliphatic rings. The van der Waals surface area contributed by atoms with E-state index in [9.17, 15) is 13.2 Å². The van der Waals surface area contributed by atoms with Crippen molar-refractivity contribution in [1.29, 1.82) is 0 Å². The van der Waals surface area contributed by atoms with E-state index in [2.05, 4.69) is 14.7 Å². The van der Waals surface area contributed by atoms with Crippen LogP contribution >= 0.6 is 11.6 Å². The number of carbonyl (C=O) groups is 1. The molecule has 210 valence electrons. The molecule has 0 N–H and O–H groups in total. The molecule has 0 saturated carbocycles. The Hall–Kier alpha value is -3.48. The van der Waals surface area contributed by atoms with Gasteiger partial charge in [0.25, 0.3) is 0 Å². The number of methoxy groups -OCH3 is 1. The summed E-state index contributed by atoms with van der Waals surface area (Å²) in [5.41, 5.74) is 4.80. The number of anilines is 1. The van der Waals surface area contributed by atoms with Gasteiger partial charge in [-0.3, -0.25) is 4.79 Å². The van der Waals surface area contributed by atoms with E-state index in [0.29, 0.717) is 54.6 Å². The molecule has 40 heavy (non-hydrogen) atoms. The number of rotatable bonds is 6. The average Bonchev–Trinajstić information content (AvgIpc) is 3.68. The molecule has 6 rings (SSSR count). The maximum absolute atomic E-state index is 13.2. The zero-order chi connectivity index (χ0) is 28.3. The number of fused-ring (bicyclic) bond motifs is 1. The van der Waals surface area contributed by atoms with Gasteiger partial charge >= 0.3 is 0 Å². The first-order valence-corrected chi connectivity index (χ1v) is 15.2. The van der Waals surface area contributed by atoms with E-state index in [-0.39, 0.29) is 23.9 Å². The summed E-state index contributed by atoms with van der Waals surface area (Å²) in [7, 11) is -1.86. The van der Waals surface area contributed by atoms with Crippen molar-refractivity contribution in [2.45, 2.75) is 45.2 Å². The number of nitrogens with zero attached hydrogens (tertiary/aromatic N) is 6. The van der Waals surface area contributed by atoms with Gasteiger partial charge in [0.2, 0.25) is 21.8 Å². The smallest absolute Gasteiger partial charge is 0.232 e. The van der Waals surface area contributed by atoms with Gasteiger partial charge in [-0.25, -0.2) is 22.7 Å². The predicted molar refractivity (Wildman–Crippen MR) is 150 cm³/mol. The van der Waals surface area contributed by atoms with Crippen molar-refractivity contribution in [3.05, 3.63) is 52.8 Å². The third kappa shape index (κ3) is 4.43. The number of halogens is 1. The van der Waals surface area contributed by atoms with Gasteiger partial charge in [0.15, 0.2) is 0 Å². The van der Waals surface area contributed by atoms with Crippen LogP contribution in [0.1, 0.15) is 48.6 Å². The highest BCUT2D eigenvalue weighted by molar-refractivity contribution is 7.88. The molecule has 2 aliphatic heterocycles. The molecule has 1 amide bonds. The second-order valence-corrected chi connectivity index (χ2v) is 12.7. The van der Waals surface area contributed by atoms with E-state index >= 15 is 0 Å². The van der Waals surface area contributed by atoms with Crippen molar-refractivity contribution in [3.63, 3.8) is 0 Å². The lowest BCUT2D eigenvalue weighted by Gasteiger charge is -2.27. The molecule has 0 bridgehead atoms. The lowest BCUT2D eigenvalue weighted by molar-refractivity contribution is -0.117. The summed E-state index contributed by atoms with van der Waals surface area (Å²) >= 11 is 6.38. The molecule has 2 atom stereocenters. The number of hydrogen-bond donors (Lipinski definition) is 0. The third-order valence-electron chi connectivity index (χ3n) is 7.77. The number of sulfonamides is 1. The molecule has 2 fully saturated rings. The zero-order valence-corrected chi connectivity index (χ0v) is 24.2. The first kappa shape index (κ1) is 26.7. The van der Waals surface area contributed by atoms with E-state index in [1.54, 1.807) is 17.2 Å². The molecule has 4 aromatic rings. The summed E-state index contributed by atoms with van der Waals surface area (Å²) in [6.45, 7) is 4.52. The van der Waals surface area contributed by atoms with Crippen LogP contribution in [-0.4, -0.2) is 64.8 Å². The standard InChI is InChI=1S/C27H29ClN6O5S/c1-15-25(16(2)39-31-15)17-5-6-22-21(11-17)30-26(34(22)18-9-10-32(14-18)40(4,36)37)23-7-8-24(35)33(23)19-12-20(28)27(38-3)29-13-19/h5-6,11-13,18,23H,7-10,14H2,1-4H3. The molecule has 13 heteroatoms. The number of pyridine rings is 1. The monoisotopic (exact) mass is 584 g/mol. The second-order valence-electron chi connectivity index (χ2n) is 10.3. The van der Waals surface area contributed by atoms with Gasteiger partial charge in [-0.15, -0.1) is 0 Å². The quantitative estimate of drug-likeness (QED) is 0.326. The predicted octanol–water partition coefficient (Wildman–Crippen LogP) is 4.44. The molecule has 0 spiro atoms. The number of carbonyl (C=O) groups excluding carboxylic acids is 1. The highest BCUT2D eigenvalue weighted by Crippen LogP contribution is 2.42. The van der Waals surface area contributed by atoms with Crippen molar-refractivity contribution in [2.24, 2.45) is 0 Å². The van der Waals surface area contributed by atoms with Crippen molar-refractivity contribution in [2.75, 3.05) is 31.4 Å². The van der Waals surface area contributed by atoms with Gasteiger partial charge in [0.05, 0.1) is 54.1 Å². The minimum absolute atomic E-state index is 0.0627. The molecule has 5 heterocycles. The Morgan fingerprint density at radius 3 is 2.62 bits per heavy atom. The maximum atomic E-state index is 13.2. The van der Waals surface area contributed by atoms with Crippen LogP contribution in [0.25, 0.3) is 22.2 Å². The maximum Gasteiger partial charge on any atom is 0.232 e. The number of aryl methyl sites for hydroxylation is 2. The summed E-state index contributed by atoms with van der Waals surface area (Å²) in [4.78, 5) is 24.3. The molecule has 2 saturated heterocycles. The molecular formula is C27H29ClN6O5S. The van der Waals surface area contributed by atoms with Gasteiger partial charge in [-0.05, 0) is 50.5 Å². The molecule has 1 aromatic carbocycles. The van der Waals surface area contributed by atoms with Gasteiger partial charge < -0.3 is 18.7 Å². The third-order valence-corrected chi connectivity index (χ3v) is 9.31. The average molecular weight is 585 g/mol. The van der Waals surface area contributed by atoms with E-state index in [0.717, 1.165) is 27.9 Å². The molecular weight excluding hydrogens is 556 g/mol. The van der Waals surface area contributed by atoms with E-state index < -0.39 is 10.0 Å². The Kier molecular flexibility index (Phi) is 6.59. The Morgan fingerprint density at radius 2 is 1.98 bits per heavy atom. The number of benzene rings is 1. The number of imidazole rings is 1. The van der Waals surface area contributed by atoms with Crippen LogP contribution in [0, 0.1) is 13.8 Å². The molecule has 0 radical (unpaired) electrons. The summed E-state index contributed by atoms with van der Waals surface area (Å²) in [6, 6.07) is 7.15. The SMILES string of the molecule is COc1ncc(N2C(=O)CCC2c2nc3cc(-c4c(C)noc4C)ccc3n2C2CCN(S(C)(=O)=O)C2)cc1Cl. The van der Waals surface area contributed by atoms with Crippen LogP contribution in [0.5, 0.6) is 5.88 Å².